The number of carboxylic acid groups (broad SMARTS) is 2. The molecule has 11 heteroatoms. The maximum Gasteiger partial charge on any atom is 0.328 e. The zero-order chi connectivity index (χ0) is 26.9. The van der Waals surface area contributed by atoms with Crippen LogP contribution in [0.5, 0.6) is 0 Å². The van der Waals surface area contributed by atoms with E-state index in [1.54, 1.807) is 12.1 Å². The van der Waals surface area contributed by atoms with E-state index in [4.69, 9.17) is 10.2 Å². The smallest absolute Gasteiger partial charge is 0.328 e. The largest absolute Gasteiger partial charge is 0.478 e. The Morgan fingerprint density at radius 3 is 2.24 bits per heavy atom. The minimum atomic E-state index is -1.26. The molecule has 196 valence electrons. The summed E-state index contributed by atoms with van der Waals surface area (Å²) in [6.07, 6.45) is 3.10. The second-order valence-corrected chi connectivity index (χ2v) is 9.69. The lowest BCUT2D eigenvalue weighted by molar-refractivity contribution is -0.134. The minimum absolute atomic E-state index is 0.126. The number of hydrogen-bond donors (Lipinski definition) is 3. The highest BCUT2D eigenvalue weighted by atomic mass is 79.9. The second kappa shape index (κ2) is 13.1. The van der Waals surface area contributed by atoms with Crippen molar-refractivity contribution in [2.45, 2.75) is 19.4 Å². The summed E-state index contributed by atoms with van der Waals surface area (Å²) in [5, 5.41) is 28.4. The summed E-state index contributed by atoms with van der Waals surface area (Å²) in [4.78, 5) is 35.9. The van der Waals surface area contributed by atoms with Crippen LogP contribution < -0.4 is 0 Å². The number of likely N-dealkylation sites (tertiary alicyclic amines) is 1. The quantitative estimate of drug-likeness (QED) is 0.198. The number of piperidine rings is 1. The number of amides is 1. The van der Waals surface area contributed by atoms with Crippen molar-refractivity contribution in [3.05, 3.63) is 81.6 Å². The third kappa shape index (κ3) is 8.22. The summed E-state index contributed by atoms with van der Waals surface area (Å²) in [6.45, 7) is 3.74. The first-order chi connectivity index (χ1) is 17.7. The monoisotopic (exact) mass is 575 g/mol. The van der Waals surface area contributed by atoms with E-state index in [-0.39, 0.29) is 11.7 Å². The van der Waals surface area contributed by atoms with Crippen molar-refractivity contribution in [3.63, 3.8) is 0 Å². The van der Waals surface area contributed by atoms with Gasteiger partial charge in [-0.3, -0.25) is 9.69 Å². The number of carboxylic acids is 2. The van der Waals surface area contributed by atoms with Crippen molar-refractivity contribution >= 4 is 39.5 Å². The molecular formula is C26H27BrFN3O6. The summed E-state index contributed by atoms with van der Waals surface area (Å²) < 4.78 is 14.1. The van der Waals surface area contributed by atoms with Crippen LogP contribution in [0.4, 0.5) is 4.39 Å². The van der Waals surface area contributed by atoms with Gasteiger partial charge in [0.15, 0.2) is 0 Å². The van der Waals surface area contributed by atoms with Gasteiger partial charge in [-0.25, -0.2) is 14.0 Å². The van der Waals surface area contributed by atoms with E-state index in [9.17, 15) is 24.0 Å². The fraction of sp³-hybridized carbons (Fsp3) is 0.308. The third-order valence-corrected chi connectivity index (χ3v) is 6.67. The van der Waals surface area contributed by atoms with Gasteiger partial charge in [0.2, 0.25) is 0 Å². The van der Waals surface area contributed by atoms with E-state index in [2.05, 4.69) is 26.0 Å². The van der Waals surface area contributed by atoms with Gasteiger partial charge in [0.25, 0.3) is 5.91 Å². The molecule has 2 aliphatic rings. The molecule has 3 N–H and O–H groups in total. The maximum atomic E-state index is 13.1. The molecule has 2 aromatic carbocycles. The van der Waals surface area contributed by atoms with Crippen LogP contribution in [-0.4, -0.2) is 75.0 Å². The lowest BCUT2D eigenvalue weighted by atomic mass is 9.95. The van der Waals surface area contributed by atoms with Crippen molar-refractivity contribution < 1.29 is 34.2 Å². The number of carbonyl (C=O) groups excluding carboxylic acids is 1. The zero-order valence-electron chi connectivity index (χ0n) is 19.9. The molecule has 0 aromatic heterocycles. The minimum Gasteiger partial charge on any atom is -0.478 e. The molecule has 0 spiro atoms. The van der Waals surface area contributed by atoms with E-state index in [1.165, 1.54) is 12.1 Å². The molecule has 1 saturated heterocycles. The van der Waals surface area contributed by atoms with Crippen LogP contribution in [0.25, 0.3) is 0 Å². The summed E-state index contributed by atoms with van der Waals surface area (Å²) in [5.41, 5.74) is 3.17. The molecule has 0 bridgehead atoms. The van der Waals surface area contributed by atoms with E-state index in [0.717, 1.165) is 53.6 Å². The summed E-state index contributed by atoms with van der Waals surface area (Å²) in [5.74, 6) is -2.23. The van der Waals surface area contributed by atoms with Crippen LogP contribution in [0, 0.1) is 11.7 Å². The third-order valence-electron chi connectivity index (χ3n) is 6.17. The number of aliphatic carboxylic acids is 2. The topological polar surface area (TPSA) is 131 Å². The summed E-state index contributed by atoms with van der Waals surface area (Å²) in [7, 11) is 0. The van der Waals surface area contributed by atoms with Gasteiger partial charge in [0, 0.05) is 47.4 Å². The van der Waals surface area contributed by atoms with Crippen molar-refractivity contribution in [1.82, 2.24) is 9.80 Å². The van der Waals surface area contributed by atoms with Gasteiger partial charge in [-0.2, -0.15) is 0 Å². The molecule has 4 rings (SSSR count). The van der Waals surface area contributed by atoms with Gasteiger partial charge in [-0.1, -0.05) is 33.2 Å². The predicted molar refractivity (Wildman–Crippen MR) is 137 cm³/mol. The Balaban J connectivity index is 0.000000414. The van der Waals surface area contributed by atoms with Crippen LogP contribution in [0.2, 0.25) is 0 Å². The first-order valence-corrected chi connectivity index (χ1v) is 12.4. The molecule has 2 aromatic rings. The van der Waals surface area contributed by atoms with E-state index in [1.807, 2.05) is 23.1 Å². The SMILES string of the molecule is O=C(O)/C=C/C(=O)O.O=C1c2ccc(Br)cc2CN1CC1CCN(C/C(=N/O)c2ccc(F)cc2)CC1. The predicted octanol–water partition coefficient (Wildman–Crippen LogP) is 3.85. The zero-order valence-corrected chi connectivity index (χ0v) is 21.5. The normalized spacial score (nSPS) is 16.4. The van der Waals surface area contributed by atoms with Crippen molar-refractivity contribution in [2.75, 3.05) is 26.2 Å². The number of fused-ring (bicyclic) bond motifs is 1. The van der Waals surface area contributed by atoms with E-state index >= 15 is 0 Å². The lowest BCUT2D eigenvalue weighted by Crippen LogP contribution is -2.41. The van der Waals surface area contributed by atoms with Crippen LogP contribution in [-0.2, 0) is 16.1 Å². The molecule has 0 aliphatic carbocycles. The first kappa shape index (κ1) is 28.0. The molecule has 9 nitrogen and oxygen atoms in total. The van der Waals surface area contributed by atoms with Crippen LogP contribution in [0.15, 0.2) is 64.2 Å². The van der Waals surface area contributed by atoms with Gasteiger partial charge in [0.05, 0.1) is 0 Å². The Hall–Kier alpha value is -3.57. The van der Waals surface area contributed by atoms with Crippen LogP contribution >= 0.6 is 15.9 Å². The fourth-order valence-electron chi connectivity index (χ4n) is 4.31. The van der Waals surface area contributed by atoms with Gasteiger partial charge in [-0.15, -0.1) is 0 Å². The molecule has 1 fully saturated rings. The highest BCUT2D eigenvalue weighted by molar-refractivity contribution is 9.10. The number of carbonyl (C=O) groups is 3. The number of hydrogen-bond acceptors (Lipinski definition) is 6. The average Bonchev–Trinajstić information content (AvgIpc) is 3.17. The molecule has 0 unspecified atom stereocenters. The Morgan fingerprint density at radius 2 is 1.68 bits per heavy atom. The summed E-state index contributed by atoms with van der Waals surface area (Å²) >= 11 is 3.47. The van der Waals surface area contributed by atoms with Crippen molar-refractivity contribution in [2.24, 2.45) is 11.1 Å². The molecule has 0 radical (unpaired) electrons. The highest BCUT2D eigenvalue weighted by Gasteiger charge is 2.30. The molecular weight excluding hydrogens is 549 g/mol. The molecule has 2 heterocycles. The Labute approximate surface area is 221 Å². The van der Waals surface area contributed by atoms with Crippen LogP contribution in [0.3, 0.4) is 0 Å². The van der Waals surface area contributed by atoms with Crippen molar-refractivity contribution in [1.29, 1.82) is 0 Å². The second-order valence-electron chi connectivity index (χ2n) is 8.77. The number of oxime groups is 1. The Morgan fingerprint density at radius 1 is 1.05 bits per heavy atom. The number of benzene rings is 2. The molecule has 37 heavy (non-hydrogen) atoms. The van der Waals surface area contributed by atoms with Gasteiger partial charge >= 0.3 is 11.9 Å². The Bertz CT molecular complexity index is 1180. The van der Waals surface area contributed by atoms with Crippen LogP contribution in [0.1, 0.15) is 34.3 Å². The summed E-state index contributed by atoms with van der Waals surface area (Å²) in [6, 6.07) is 11.8. The molecule has 1 amide bonds. The average molecular weight is 576 g/mol. The van der Waals surface area contributed by atoms with Gasteiger partial charge < -0.3 is 20.3 Å². The lowest BCUT2D eigenvalue weighted by Gasteiger charge is -2.33. The van der Waals surface area contributed by atoms with E-state index in [0.29, 0.717) is 36.9 Å². The van der Waals surface area contributed by atoms with Crippen molar-refractivity contribution in [3.8, 4) is 0 Å². The van der Waals surface area contributed by atoms with Gasteiger partial charge in [-0.05, 0) is 67.7 Å². The number of halogens is 2. The first-order valence-electron chi connectivity index (χ1n) is 11.6. The van der Waals surface area contributed by atoms with Gasteiger partial charge in [0.1, 0.15) is 11.5 Å². The number of nitrogens with zero attached hydrogens (tertiary/aromatic N) is 3. The fourth-order valence-corrected chi connectivity index (χ4v) is 4.72. The highest BCUT2D eigenvalue weighted by Crippen LogP contribution is 2.28. The molecule has 0 saturated carbocycles. The van der Waals surface area contributed by atoms with E-state index < -0.39 is 11.9 Å². The number of rotatable bonds is 7. The maximum absolute atomic E-state index is 13.1. The standard InChI is InChI=1S/C22H23BrFN3O2.C4H4O4/c23-18-3-6-20-17(11-18)13-27(22(20)28)12-15-7-9-26(10-8-15)14-21(25-29)16-1-4-19(24)5-2-16;5-3(6)1-2-4(7)8/h1-6,11,15,29H,7-10,12-14H2;1-2H,(H,5,6)(H,7,8)/b25-21-;2-1+. The Kier molecular flexibility index (Phi) is 9.93. The molecule has 0 atom stereocenters. The molecule has 2 aliphatic heterocycles.